The first-order chi connectivity index (χ1) is 14.2. The minimum Gasteiger partial charge on any atom is -0.310 e. The van der Waals surface area contributed by atoms with E-state index in [4.69, 9.17) is 11.6 Å². The van der Waals surface area contributed by atoms with Crippen molar-refractivity contribution < 1.29 is 13.2 Å². The van der Waals surface area contributed by atoms with Crippen LogP contribution in [0.2, 0.25) is 5.02 Å². The zero-order chi connectivity index (χ0) is 21.9. The molecule has 1 aliphatic heterocycles. The number of hydrogen-bond acceptors (Lipinski definition) is 5. The van der Waals surface area contributed by atoms with Crippen molar-refractivity contribution in [3.63, 3.8) is 0 Å². The zero-order valence-electron chi connectivity index (χ0n) is 17.6. The summed E-state index contributed by atoms with van der Waals surface area (Å²) in [6.45, 7) is 6.12. The van der Waals surface area contributed by atoms with Crippen molar-refractivity contribution in [1.29, 1.82) is 0 Å². The Balaban J connectivity index is 1.70. The number of hydrogen-bond donors (Lipinski definition) is 2. The Bertz CT molecular complexity index is 998. The summed E-state index contributed by atoms with van der Waals surface area (Å²) in [6.07, 6.45) is 2.14. The number of benzene rings is 1. The average molecular weight is 453 g/mol. The first-order valence-corrected chi connectivity index (χ1v) is 12.5. The van der Waals surface area contributed by atoms with Gasteiger partial charge in [-0.15, -0.1) is 0 Å². The summed E-state index contributed by atoms with van der Waals surface area (Å²) >= 11 is 6.02. The molecule has 30 heavy (non-hydrogen) atoms. The lowest BCUT2D eigenvalue weighted by Crippen LogP contribution is -2.45. The molecule has 1 aliphatic rings. The van der Waals surface area contributed by atoms with Crippen molar-refractivity contribution in [2.45, 2.75) is 51.6 Å². The van der Waals surface area contributed by atoms with Crippen LogP contribution in [0.1, 0.15) is 50.4 Å². The highest BCUT2D eigenvalue weighted by Gasteiger charge is 2.32. The van der Waals surface area contributed by atoms with Gasteiger partial charge in [0.25, 0.3) is 0 Å². The molecule has 1 atom stereocenters. The fraction of sp³-hybridized carbons (Fsp3) is 0.524. The maximum atomic E-state index is 12.7. The van der Waals surface area contributed by atoms with Gasteiger partial charge in [0.05, 0.1) is 29.8 Å². The summed E-state index contributed by atoms with van der Waals surface area (Å²) in [5.41, 5.74) is 1.49. The van der Waals surface area contributed by atoms with Gasteiger partial charge in [0.1, 0.15) is 5.82 Å². The van der Waals surface area contributed by atoms with Crippen molar-refractivity contribution in [2.75, 3.05) is 23.4 Å². The molecule has 3 rings (SSSR count). The van der Waals surface area contributed by atoms with Crippen molar-refractivity contribution in [3.8, 4) is 0 Å². The smallest absolute Gasteiger partial charge is 0.239 e. The summed E-state index contributed by atoms with van der Waals surface area (Å²) in [7, 11) is -3.04. The molecule has 1 aromatic carbocycles. The fourth-order valence-corrected chi connectivity index (χ4v) is 5.89. The van der Waals surface area contributed by atoms with Crippen LogP contribution in [0.3, 0.4) is 0 Å². The summed E-state index contributed by atoms with van der Waals surface area (Å²) in [5, 5.41) is 11.4. The number of anilines is 1. The van der Waals surface area contributed by atoms with Crippen molar-refractivity contribution in [3.05, 3.63) is 46.6 Å². The molecule has 164 valence electrons. The van der Waals surface area contributed by atoms with Gasteiger partial charge >= 0.3 is 0 Å². The van der Waals surface area contributed by atoms with Crippen LogP contribution in [0, 0.1) is 6.92 Å². The third kappa shape index (κ3) is 5.04. The van der Waals surface area contributed by atoms with Crippen molar-refractivity contribution in [2.24, 2.45) is 0 Å². The summed E-state index contributed by atoms with van der Waals surface area (Å²) in [4.78, 5) is 12.7. The van der Waals surface area contributed by atoms with Gasteiger partial charge in [-0.25, -0.2) is 13.1 Å². The number of nitrogens with one attached hydrogen (secondary N) is 2. The van der Waals surface area contributed by atoms with Crippen LogP contribution in [-0.2, 0) is 20.2 Å². The van der Waals surface area contributed by atoms with Crippen molar-refractivity contribution in [1.82, 2.24) is 15.1 Å². The third-order valence-electron chi connectivity index (χ3n) is 5.87. The lowest BCUT2D eigenvalue weighted by atomic mass is 9.84. The second kappa shape index (κ2) is 9.08. The van der Waals surface area contributed by atoms with E-state index in [2.05, 4.69) is 29.6 Å². The number of carbonyl (C=O) groups excluding carboxylic acids is 1. The molecule has 0 aliphatic carbocycles. The Hall–Kier alpha value is -1.90. The maximum absolute atomic E-state index is 12.7. The quantitative estimate of drug-likeness (QED) is 0.639. The predicted octanol–water partition coefficient (Wildman–Crippen LogP) is 3.45. The van der Waals surface area contributed by atoms with Gasteiger partial charge in [-0.3, -0.25) is 10.1 Å². The highest BCUT2D eigenvalue weighted by atomic mass is 35.5. The second-order valence-electron chi connectivity index (χ2n) is 7.87. The standard InChI is InChI=1S/C21H29ClN4O3S/c1-4-21(5-2,16-6-8-17(22)9-7-16)23-13-20(27)24-19-12-15(3)25-26(19)18-10-11-30(28,29)14-18/h6-9,12,18,23H,4-5,10-11,13-14H2,1-3H3,(H,24,27). The first kappa shape index (κ1) is 22.8. The molecule has 1 saturated heterocycles. The second-order valence-corrected chi connectivity index (χ2v) is 10.5. The van der Waals surface area contributed by atoms with Crippen LogP contribution >= 0.6 is 11.6 Å². The van der Waals surface area contributed by atoms with Gasteiger partial charge in [-0.2, -0.15) is 5.10 Å². The highest BCUT2D eigenvalue weighted by molar-refractivity contribution is 7.91. The van der Waals surface area contributed by atoms with Gasteiger partial charge in [0, 0.05) is 16.6 Å². The molecule has 1 unspecified atom stereocenters. The van der Waals surface area contributed by atoms with E-state index in [0.717, 1.165) is 24.1 Å². The Morgan fingerprint density at radius 2 is 1.93 bits per heavy atom. The Labute approximate surface area is 183 Å². The van der Waals surface area contributed by atoms with Gasteiger partial charge in [0.2, 0.25) is 5.91 Å². The SMILES string of the molecule is CCC(CC)(NCC(=O)Nc1cc(C)nn1C1CCS(=O)(=O)C1)c1ccc(Cl)cc1. The van der Waals surface area contributed by atoms with E-state index in [1.807, 2.05) is 31.2 Å². The minimum atomic E-state index is -3.04. The lowest BCUT2D eigenvalue weighted by molar-refractivity contribution is -0.115. The molecule has 1 aromatic heterocycles. The molecule has 7 nitrogen and oxygen atoms in total. The van der Waals surface area contributed by atoms with Gasteiger partial charge in [0.15, 0.2) is 9.84 Å². The fourth-order valence-electron chi connectivity index (χ4n) is 4.07. The van der Waals surface area contributed by atoms with Crippen LogP contribution < -0.4 is 10.6 Å². The summed E-state index contributed by atoms with van der Waals surface area (Å²) in [5.74, 6) is 0.548. The molecule has 0 spiro atoms. The van der Waals surface area contributed by atoms with E-state index in [9.17, 15) is 13.2 Å². The zero-order valence-corrected chi connectivity index (χ0v) is 19.2. The Morgan fingerprint density at radius 3 is 2.50 bits per heavy atom. The van der Waals surface area contributed by atoms with Crippen LogP contribution in [0.15, 0.2) is 30.3 Å². The number of halogens is 1. The largest absolute Gasteiger partial charge is 0.310 e. The number of aromatic nitrogens is 2. The molecule has 2 heterocycles. The Morgan fingerprint density at radius 1 is 1.27 bits per heavy atom. The first-order valence-electron chi connectivity index (χ1n) is 10.3. The molecule has 2 N–H and O–H groups in total. The minimum absolute atomic E-state index is 0.0561. The molecule has 1 amide bonds. The van der Waals surface area contributed by atoms with Gasteiger partial charge in [-0.1, -0.05) is 37.6 Å². The number of carbonyl (C=O) groups is 1. The van der Waals surface area contributed by atoms with E-state index in [1.54, 1.807) is 10.7 Å². The van der Waals surface area contributed by atoms with E-state index in [1.165, 1.54) is 0 Å². The normalized spacial score (nSPS) is 18.5. The average Bonchev–Trinajstić information content (AvgIpc) is 3.25. The van der Waals surface area contributed by atoms with E-state index in [-0.39, 0.29) is 35.5 Å². The van der Waals surface area contributed by atoms with Crippen LogP contribution in [-0.4, -0.2) is 42.2 Å². The van der Waals surface area contributed by atoms with Crippen LogP contribution in [0.4, 0.5) is 5.82 Å². The highest BCUT2D eigenvalue weighted by Crippen LogP contribution is 2.30. The molecule has 0 saturated carbocycles. The molecule has 1 fully saturated rings. The van der Waals surface area contributed by atoms with Crippen molar-refractivity contribution >= 4 is 33.2 Å². The number of rotatable bonds is 8. The summed E-state index contributed by atoms with van der Waals surface area (Å²) in [6, 6.07) is 9.21. The molecular weight excluding hydrogens is 424 g/mol. The van der Waals surface area contributed by atoms with Gasteiger partial charge < -0.3 is 5.32 Å². The monoisotopic (exact) mass is 452 g/mol. The van der Waals surface area contributed by atoms with Crippen LogP contribution in [0.25, 0.3) is 0 Å². The lowest BCUT2D eigenvalue weighted by Gasteiger charge is -2.33. The summed E-state index contributed by atoms with van der Waals surface area (Å²) < 4.78 is 25.3. The number of nitrogens with zero attached hydrogens (tertiary/aromatic N) is 2. The molecule has 0 radical (unpaired) electrons. The molecule has 0 bridgehead atoms. The molecule has 9 heteroatoms. The van der Waals surface area contributed by atoms with Gasteiger partial charge in [-0.05, 0) is 43.9 Å². The topological polar surface area (TPSA) is 93.1 Å². The number of amides is 1. The number of aryl methyl sites for hydroxylation is 1. The molecular formula is C21H29ClN4O3S. The van der Waals surface area contributed by atoms with E-state index in [0.29, 0.717) is 17.3 Å². The Kier molecular flexibility index (Phi) is 6.89. The maximum Gasteiger partial charge on any atom is 0.239 e. The number of sulfone groups is 1. The van der Waals surface area contributed by atoms with Crippen LogP contribution in [0.5, 0.6) is 0 Å². The van der Waals surface area contributed by atoms with E-state index >= 15 is 0 Å². The van der Waals surface area contributed by atoms with E-state index < -0.39 is 9.84 Å². The predicted molar refractivity (Wildman–Crippen MR) is 120 cm³/mol. The molecule has 2 aromatic rings. The third-order valence-corrected chi connectivity index (χ3v) is 7.87.